The number of hydrogen-bond donors (Lipinski definition) is 0. The summed E-state index contributed by atoms with van der Waals surface area (Å²) in [5, 5.41) is 9.99. The molecule has 0 saturated carbocycles. The molecule has 0 atom stereocenters. The number of benzene rings is 5. The molecule has 272 valence electrons. The molecule has 0 aliphatic carbocycles. The third-order valence-corrected chi connectivity index (χ3v) is 8.18. The molecule has 12 heteroatoms. The number of rotatable bonds is 0. The Bertz CT molecular complexity index is 1900. The summed E-state index contributed by atoms with van der Waals surface area (Å²) in [6, 6.07) is 27.0. The van der Waals surface area contributed by atoms with Crippen LogP contribution in [0.25, 0.3) is 0 Å². The predicted molar refractivity (Wildman–Crippen MR) is 195 cm³/mol. The van der Waals surface area contributed by atoms with Crippen LogP contribution in [-0.4, -0.2) is 0 Å². The highest BCUT2D eigenvalue weighted by atomic mass is 35.5. The van der Waals surface area contributed by atoms with Crippen LogP contribution >= 0.6 is 46.4 Å². The molecular formula is C39H34Cl4F7N. The minimum Gasteiger partial charge on any atom is -0.207 e. The molecule has 5 rings (SSSR count). The fourth-order valence-electron chi connectivity index (χ4n) is 3.70. The predicted octanol–water partition coefficient (Wildman–Crippen LogP) is 14.9. The molecule has 0 aliphatic rings. The molecule has 0 heterocycles. The number of nitrogens with zero attached hydrogens (tertiary/aromatic N) is 1. The fraction of sp³-hybridized carbons (Fsp3) is 0.205. The van der Waals surface area contributed by atoms with Crippen LogP contribution in [0.4, 0.5) is 30.7 Å². The summed E-state index contributed by atoms with van der Waals surface area (Å²) in [5.41, 5.74) is 4.36. The lowest BCUT2D eigenvalue weighted by Gasteiger charge is -2.09. The lowest BCUT2D eigenvalue weighted by atomic mass is 10.1. The Morgan fingerprint density at radius 2 is 1.06 bits per heavy atom. The highest BCUT2D eigenvalue weighted by molar-refractivity contribution is 6.32. The van der Waals surface area contributed by atoms with E-state index in [-0.39, 0.29) is 10.8 Å². The average molecular weight is 792 g/mol. The van der Waals surface area contributed by atoms with E-state index in [0.717, 1.165) is 39.9 Å². The van der Waals surface area contributed by atoms with Gasteiger partial charge in [-0.05, 0) is 130 Å². The van der Waals surface area contributed by atoms with Crippen molar-refractivity contribution in [2.24, 2.45) is 0 Å². The Morgan fingerprint density at radius 3 is 1.47 bits per heavy atom. The lowest BCUT2D eigenvalue weighted by molar-refractivity contribution is -0.138. The summed E-state index contributed by atoms with van der Waals surface area (Å²) in [4.78, 5) is 0. The molecule has 0 aromatic heterocycles. The number of hydrogen-bond acceptors (Lipinski definition) is 1. The zero-order valence-electron chi connectivity index (χ0n) is 28.3. The monoisotopic (exact) mass is 789 g/mol. The number of nitriles is 1. The Kier molecular flexibility index (Phi) is 18.6. The van der Waals surface area contributed by atoms with Crippen LogP contribution in [0.5, 0.6) is 0 Å². The van der Waals surface area contributed by atoms with E-state index < -0.39 is 23.5 Å². The summed E-state index contributed by atoms with van der Waals surface area (Å²) in [6.07, 6.45) is -8.64. The van der Waals surface area contributed by atoms with Crippen LogP contribution in [-0.2, 0) is 12.4 Å². The number of alkyl halides is 6. The van der Waals surface area contributed by atoms with Crippen molar-refractivity contribution in [1.29, 1.82) is 5.26 Å². The average Bonchev–Trinajstić information content (AvgIpc) is 3.02. The van der Waals surface area contributed by atoms with Gasteiger partial charge in [-0.15, -0.1) is 0 Å². The molecule has 0 fully saturated rings. The van der Waals surface area contributed by atoms with Crippen molar-refractivity contribution in [2.45, 2.75) is 53.9 Å². The Labute approximate surface area is 314 Å². The molecule has 0 aliphatic heterocycles. The zero-order chi connectivity index (χ0) is 39.1. The van der Waals surface area contributed by atoms with Crippen molar-refractivity contribution in [3.63, 3.8) is 0 Å². The Balaban J connectivity index is 0.000000321. The summed E-state index contributed by atoms with van der Waals surface area (Å²) in [6.45, 7) is 10.9. The van der Waals surface area contributed by atoms with Crippen molar-refractivity contribution in [2.75, 3.05) is 0 Å². The first-order valence-electron chi connectivity index (χ1n) is 14.8. The quantitative estimate of drug-likeness (QED) is 0.143. The van der Waals surface area contributed by atoms with Gasteiger partial charge < -0.3 is 0 Å². The van der Waals surface area contributed by atoms with Gasteiger partial charge in [0, 0.05) is 10.0 Å². The van der Waals surface area contributed by atoms with E-state index in [1.165, 1.54) is 49.7 Å². The molecule has 5 aromatic carbocycles. The minimum atomic E-state index is -4.36. The van der Waals surface area contributed by atoms with Crippen molar-refractivity contribution in [3.8, 4) is 6.07 Å². The Morgan fingerprint density at radius 1 is 0.510 bits per heavy atom. The second kappa shape index (κ2) is 20.9. The van der Waals surface area contributed by atoms with Gasteiger partial charge in [0.15, 0.2) is 0 Å². The lowest BCUT2D eigenvalue weighted by Crippen LogP contribution is -2.06. The largest absolute Gasteiger partial charge is 0.417 e. The standard InChI is InChI=1S/2C8H6ClF3.C8H6ClN.C8H9Cl.C7H7F/c1-5-4-6(8(10,11)12)2-3-7(5)9;1-5-3-2-4-6(7(5)9)8(10,11)12;1-6-2-3-7(5-10)8(9)4-6;1-6-3-4-7(2)8(9)5-6;1-6-3-2-4-7(8)5-6/h2*2-4H,1H3;2-4H,1H3;3-5H,1-2H3;2-5H,1H3. The first-order valence-corrected chi connectivity index (χ1v) is 16.3. The van der Waals surface area contributed by atoms with E-state index in [9.17, 15) is 30.7 Å². The molecule has 0 bridgehead atoms. The van der Waals surface area contributed by atoms with E-state index in [1.807, 2.05) is 58.0 Å². The van der Waals surface area contributed by atoms with Crippen LogP contribution < -0.4 is 0 Å². The molecule has 0 unspecified atom stereocenters. The molecule has 1 nitrogen and oxygen atoms in total. The van der Waals surface area contributed by atoms with Gasteiger partial charge in [-0.3, -0.25) is 0 Å². The summed E-state index contributed by atoms with van der Waals surface area (Å²) < 4.78 is 84.8. The number of aryl methyl sites for hydroxylation is 6. The Hall–Kier alpha value is -3.74. The minimum absolute atomic E-state index is 0.162. The van der Waals surface area contributed by atoms with Gasteiger partial charge in [0.25, 0.3) is 0 Å². The van der Waals surface area contributed by atoms with E-state index in [0.29, 0.717) is 26.7 Å². The smallest absolute Gasteiger partial charge is 0.207 e. The first kappa shape index (κ1) is 45.3. The maximum absolute atomic E-state index is 12.2. The highest BCUT2D eigenvalue weighted by Crippen LogP contribution is 2.36. The number of halogens is 11. The van der Waals surface area contributed by atoms with E-state index in [1.54, 1.807) is 18.2 Å². The molecule has 0 saturated heterocycles. The second-order valence-corrected chi connectivity index (χ2v) is 12.6. The summed E-state index contributed by atoms with van der Waals surface area (Å²) in [5.74, 6) is -0.162. The fourth-order valence-corrected chi connectivity index (χ4v) is 4.56. The topological polar surface area (TPSA) is 23.8 Å². The zero-order valence-corrected chi connectivity index (χ0v) is 31.4. The van der Waals surface area contributed by atoms with Gasteiger partial charge in [-0.25, -0.2) is 4.39 Å². The molecule has 0 N–H and O–H groups in total. The van der Waals surface area contributed by atoms with Gasteiger partial charge in [-0.2, -0.15) is 31.6 Å². The maximum atomic E-state index is 12.2. The third kappa shape index (κ3) is 16.9. The van der Waals surface area contributed by atoms with Crippen molar-refractivity contribution in [3.05, 3.63) is 173 Å². The second-order valence-electron chi connectivity index (χ2n) is 11.0. The van der Waals surface area contributed by atoms with Crippen molar-refractivity contribution in [1.82, 2.24) is 0 Å². The van der Waals surface area contributed by atoms with Crippen LogP contribution in [0.3, 0.4) is 0 Å². The maximum Gasteiger partial charge on any atom is 0.417 e. The van der Waals surface area contributed by atoms with Crippen molar-refractivity contribution < 1.29 is 30.7 Å². The van der Waals surface area contributed by atoms with Crippen LogP contribution in [0.15, 0.2) is 97.1 Å². The molecule has 0 spiro atoms. The molecule has 5 aromatic rings. The van der Waals surface area contributed by atoms with Gasteiger partial charge in [0.05, 0.1) is 26.7 Å². The summed E-state index contributed by atoms with van der Waals surface area (Å²) >= 11 is 22.5. The first-order chi connectivity index (χ1) is 23.6. The molecule has 51 heavy (non-hydrogen) atoms. The van der Waals surface area contributed by atoms with Crippen LogP contribution in [0.2, 0.25) is 20.1 Å². The van der Waals surface area contributed by atoms with E-state index in [4.69, 9.17) is 51.7 Å². The van der Waals surface area contributed by atoms with Gasteiger partial charge in [0.1, 0.15) is 11.9 Å². The SMILES string of the molecule is Cc1cc(C(F)(F)F)ccc1Cl.Cc1ccc(C#N)c(Cl)c1.Cc1ccc(C)c(Cl)c1.Cc1cccc(C(F)(F)F)c1Cl.Cc1cccc(F)c1. The van der Waals surface area contributed by atoms with Crippen LogP contribution in [0, 0.1) is 58.7 Å². The third-order valence-electron chi connectivity index (χ3n) is 6.53. The van der Waals surface area contributed by atoms with Gasteiger partial charge in [-0.1, -0.05) is 88.9 Å². The normalized spacial score (nSPS) is 10.4. The van der Waals surface area contributed by atoms with Gasteiger partial charge >= 0.3 is 12.4 Å². The van der Waals surface area contributed by atoms with E-state index in [2.05, 4.69) is 6.07 Å². The van der Waals surface area contributed by atoms with Crippen LogP contribution in [0.1, 0.15) is 50.1 Å². The van der Waals surface area contributed by atoms with E-state index >= 15 is 0 Å². The highest BCUT2D eigenvalue weighted by Gasteiger charge is 2.33. The van der Waals surface area contributed by atoms with Crippen molar-refractivity contribution >= 4 is 46.4 Å². The molecule has 0 amide bonds. The molecular weight excluding hydrogens is 757 g/mol. The van der Waals surface area contributed by atoms with Gasteiger partial charge in [0.2, 0.25) is 0 Å². The molecule has 0 radical (unpaired) electrons. The summed E-state index contributed by atoms with van der Waals surface area (Å²) in [7, 11) is 0.